The van der Waals surface area contributed by atoms with Crippen LogP contribution in [0.2, 0.25) is 0 Å². The van der Waals surface area contributed by atoms with Crippen LogP contribution in [0.15, 0.2) is 66.3 Å². The number of unbranched alkanes of at least 4 members (excludes halogenated alkanes) is 1. The molecule has 178 valence electrons. The number of hydrogen-bond donors (Lipinski definition) is 0. The molecule has 0 radical (unpaired) electrons. The summed E-state index contributed by atoms with van der Waals surface area (Å²) >= 11 is 0. The molecule has 0 N–H and O–H groups in total. The number of nitrogens with zero attached hydrogens (tertiary/aromatic N) is 1. The van der Waals surface area contributed by atoms with Gasteiger partial charge < -0.3 is 14.2 Å². The summed E-state index contributed by atoms with van der Waals surface area (Å²) < 4.78 is 19.1. The second-order valence-electron chi connectivity index (χ2n) is 8.69. The van der Waals surface area contributed by atoms with Crippen molar-refractivity contribution in [2.45, 2.75) is 71.8 Å². The van der Waals surface area contributed by atoms with E-state index in [0.29, 0.717) is 26.4 Å². The average Bonchev–Trinajstić information content (AvgIpc) is 2.80. The molecule has 1 aliphatic heterocycles. The summed E-state index contributed by atoms with van der Waals surface area (Å²) in [5, 5.41) is 0. The molecule has 1 saturated heterocycles. The maximum atomic E-state index is 6.56. The minimum atomic E-state index is -0.0454. The molecule has 1 aliphatic rings. The second kappa shape index (κ2) is 15.2. The van der Waals surface area contributed by atoms with Crippen LogP contribution in [0, 0.1) is 0 Å². The van der Waals surface area contributed by atoms with E-state index in [1.54, 1.807) is 0 Å². The van der Waals surface area contributed by atoms with Gasteiger partial charge in [-0.1, -0.05) is 74.1 Å². The molecule has 0 saturated carbocycles. The van der Waals surface area contributed by atoms with Crippen molar-refractivity contribution in [3.05, 3.63) is 71.8 Å². The summed E-state index contributed by atoms with van der Waals surface area (Å²) in [6.07, 6.45) is 9.59. The van der Waals surface area contributed by atoms with E-state index in [9.17, 15) is 0 Å². The van der Waals surface area contributed by atoms with Gasteiger partial charge in [0, 0.05) is 6.54 Å². The SMILES string of the molecule is C=C(C)COC1CCN(CCCC)C(COCC(/C=C\C)=C/C)C1OCc1ccccc1. The fourth-order valence-electron chi connectivity index (χ4n) is 4.07. The van der Waals surface area contributed by atoms with Crippen LogP contribution in [0.1, 0.15) is 52.5 Å². The van der Waals surface area contributed by atoms with Crippen LogP contribution < -0.4 is 0 Å². The van der Waals surface area contributed by atoms with Crippen molar-refractivity contribution in [1.82, 2.24) is 4.90 Å². The third-order valence-corrected chi connectivity index (χ3v) is 5.85. The quantitative estimate of drug-likeness (QED) is 0.264. The van der Waals surface area contributed by atoms with Gasteiger partial charge in [-0.2, -0.15) is 0 Å². The zero-order valence-electron chi connectivity index (χ0n) is 20.6. The molecule has 1 fully saturated rings. The van der Waals surface area contributed by atoms with Gasteiger partial charge in [0.05, 0.1) is 38.6 Å². The van der Waals surface area contributed by atoms with E-state index in [0.717, 1.165) is 25.1 Å². The van der Waals surface area contributed by atoms with Crippen LogP contribution in [0.4, 0.5) is 0 Å². The third-order valence-electron chi connectivity index (χ3n) is 5.85. The largest absolute Gasteiger partial charge is 0.375 e. The molecule has 3 unspecified atom stereocenters. The number of hydrogen-bond acceptors (Lipinski definition) is 4. The molecule has 1 aromatic rings. The maximum Gasteiger partial charge on any atom is 0.102 e. The minimum absolute atomic E-state index is 0.0404. The first-order chi connectivity index (χ1) is 15.6. The highest BCUT2D eigenvalue weighted by atomic mass is 16.5. The first-order valence-electron chi connectivity index (χ1n) is 12.1. The van der Waals surface area contributed by atoms with Crippen molar-refractivity contribution in [1.29, 1.82) is 0 Å². The Balaban J connectivity index is 2.16. The second-order valence-corrected chi connectivity index (χ2v) is 8.69. The molecule has 0 spiro atoms. The molecule has 0 amide bonds. The summed E-state index contributed by atoms with van der Waals surface area (Å²) in [4.78, 5) is 2.55. The average molecular weight is 442 g/mol. The minimum Gasteiger partial charge on any atom is -0.375 e. The zero-order chi connectivity index (χ0) is 23.2. The zero-order valence-corrected chi connectivity index (χ0v) is 20.6. The Hall–Kier alpha value is -1.72. The highest BCUT2D eigenvalue weighted by Gasteiger charge is 2.39. The number of allylic oxidation sites excluding steroid dienone is 2. The van der Waals surface area contributed by atoms with Crippen molar-refractivity contribution in [2.75, 3.05) is 32.9 Å². The van der Waals surface area contributed by atoms with Gasteiger partial charge in [-0.05, 0) is 51.3 Å². The van der Waals surface area contributed by atoms with Gasteiger partial charge >= 0.3 is 0 Å². The Kier molecular flexibility index (Phi) is 12.6. The topological polar surface area (TPSA) is 30.9 Å². The molecule has 1 aromatic carbocycles. The normalized spacial score (nSPS) is 22.5. The predicted molar refractivity (Wildman–Crippen MR) is 134 cm³/mol. The monoisotopic (exact) mass is 441 g/mol. The number of ether oxygens (including phenoxy) is 3. The Morgan fingerprint density at radius 3 is 2.59 bits per heavy atom. The number of piperidine rings is 1. The Morgan fingerprint density at radius 2 is 1.94 bits per heavy atom. The molecule has 0 bridgehead atoms. The lowest BCUT2D eigenvalue weighted by atomic mass is 9.95. The molecular weight excluding hydrogens is 398 g/mol. The van der Waals surface area contributed by atoms with Crippen molar-refractivity contribution in [3.63, 3.8) is 0 Å². The summed E-state index contributed by atoms with van der Waals surface area (Å²) in [5.41, 5.74) is 3.41. The van der Waals surface area contributed by atoms with Gasteiger partial charge in [-0.15, -0.1) is 0 Å². The molecule has 2 rings (SSSR count). The molecule has 0 aliphatic carbocycles. The van der Waals surface area contributed by atoms with Crippen LogP contribution in [-0.2, 0) is 20.8 Å². The van der Waals surface area contributed by atoms with E-state index in [-0.39, 0.29) is 18.2 Å². The first-order valence-corrected chi connectivity index (χ1v) is 12.1. The summed E-state index contributed by atoms with van der Waals surface area (Å²) in [6, 6.07) is 10.5. The van der Waals surface area contributed by atoms with E-state index in [2.05, 4.69) is 67.8 Å². The van der Waals surface area contributed by atoms with Gasteiger partial charge in [-0.3, -0.25) is 4.90 Å². The smallest absolute Gasteiger partial charge is 0.102 e. The van der Waals surface area contributed by atoms with Gasteiger partial charge in [0.1, 0.15) is 6.10 Å². The van der Waals surface area contributed by atoms with E-state index in [4.69, 9.17) is 14.2 Å². The fourth-order valence-corrected chi connectivity index (χ4v) is 4.07. The maximum absolute atomic E-state index is 6.56. The Labute approximate surface area is 195 Å². The fraction of sp³-hybridized carbons (Fsp3) is 0.571. The van der Waals surface area contributed by atoms with Crippen molar-refractivity contribution < 1.29 is 14.2 Å². The third kappa shape index (κ3) is 9.03. The van der Waals surface area contributed by atoms with Crippen LogP contribution in [0.3, 0.4) is 0 Å². The molecule has 3 atom stereocenters. The Morgan fingerprint density at radius 1 is 1.16 bits per heavy atom. The van der Waals surface area contributed by atoms with Crippen LogP contribution >= 0.6 is 0 Å². The van der Waals surface area contributed by atoms with E-state index in [1.165, 1.54) is 24.0 Å². The lowest BCUT2D eigenvalue weighted by Gasteiger charge is -2.45. The molecule has 0 aromatic heterocycles. The van der Waals surface area contributed by atoms with Crippen LogP contribution in [0.25, 0.3) is 0 Å². The van der Waals surface area contributed by atoms with Crippen LogP contribution in [0.5, 0.6) is 0 Å². The van der Waals surface area contributed by atoms with Crippen molar-refractivity contribution in [2.24, 2.45) is 0 Å². The van der Waals surface area contributed by atoms with Crippen molar-refractivity contribution >= 4 is 0 Å². The summed E-state index contributed by atoms with van der Waals surface area (Å²) in [5.74, 6) is 0. The number of benzene rings is 1. The highest BCUT2D eigenvalue weighted by molar-refractivity contribution is 5.17. The van der Waals surface area contributed by atoms with Crippen molar-refractivity contribution in [3.8, 4) is 0 Å². The highest BCUT2D eigenvalue weighted by Crippen LogP contribution is 2.26. The van der Waals surface area contributed by atoms with E-state index in [1.807, 2.05) is 19.9 Å². The summed E-state index contributed by atoms with van der Waals surface area (Å²) in [7, 11) is 0. The van der Waals surface area contributed by atoms with Gasteiger partial charge in [0.15, 0.2) is 0 Å². The lowest BCUT2D eigenvalue weighted by molar-refractivity contribution is -0.149. The van der Waals surface area contributed by atoms with E-state index < -0.39 is 0 Å². The molecule has 32 heavy (non-hydrogen) atoms. The standard InChI is InChI=1S/C28H43NO3/c1-6-9-17-29-18-16-27(31-19-23(4)5)28(32-21-25-14-11-10-12-15-25)26(29)22-30-20-24(8-3)13-7-2/h7-8,10-15,26-28H,4,6,9,16-22H2,1-3,5H3/b13-7-,24-8+. The van der Waals surface area contributed by atoms with Gasteiger partial charge in [-0.25, -0.2) is 0 Å². The molecular formula is C28H43NO3. The number of likely N-dealkylation sites (tertiary alicyclic amines) is 1. The lowest BCUT2D eigenvalue weighted by Crippen LogP contribution is -2.58. The molecule has 4 heteroatoms. The van der Waals surface area contributed by atoms with E-state index >= 15 is 0 Å². The molecule has 4 nitrogen and oxygen atoms in total. The number of rotatable bonds is 14. The summed E-state index contributed by atoms with van der Waals surface area (Å²) in [6.45, 7) is 16.8. The van der Waals surface area contributed by atoms with Gasteiger partial charge in [0.2, 0.25) is 0 Å². The predicted octanol–water partition coefficient (Wildman–Crippen LogP) is 5.95. The first kappa shape index (κ1) is 26.5. The van der Waals surface area contributed by atoms with Crippen LogP contribution in [-0.4, -0.2) is 56.1 Å². The van der Waals surface area contributed by atoms with Gasteiger partial charge in [0.25, 0.3) is 0 Å². The Bertz CT molecular complexity index is 713. The molecule has 1 heterocycles.